The van der Waals surface area contributed by atoms with Crippen molar-refractivity contribution in [2.45, 2.75) is 18.2 Å². The Kier molecular flexibility index (Phi) is 3.80. The van der Waals surface area contributed by atoms with Gasteiger partial charge in [-0.3, -0.25) is 0 Å². The molecule has 2 nitrogen and oxygen atoms in total. The molecule has 0 saturated heterocycles. The van der Waals surface area contributed by atoms with Gasteiger partial charge >= 0.3 is 0 Å². The highest BCUT2D eigenvalue weighted by molar-refractivity contribution is 9.09. The molecular formula is C15H15BrO2S. The SMILES string of the molecule is CCc1ccsc1C(Br)c1ccc2c(c1)OCCO2. The summed E-state index contributed by atoms with van der Waals surface area (Å²) < 4.78 is 11.2. The van der Waals surface area contributed by atoms with Crippen molar-refractivity contribution >= 4 is 27.3 Å². The summed E-state index contributed by atoms with van der Waals surface area (Å²) in [5, 5.41) is 2.15. The van der Waals surface area contributed by atoms with Gasteiger partial charge < -0.3 is 9.47 Å². The minimum absolute atomic E-state index is 0.221. The second-order valence-electron chi connectivity index (χ2n) is 4.43. The molecule has 3 rings (SSSR count). The molecule has 1 atom stereocenters. The fourth-order valence-electron chi connectivity index (χ4n) is 2.23. The van der Waals surface area contributed by atoms with Crippen LogP contribution in [-0.4, -0.2) is 13.2 Å². The van der Waals surface area contributed by atoms with Crippen molar-refractivity contribution in [3.63, 3.8) is 0 Å². The van der Waals surface area contributed by atoms with E-state index >= 15 is 0 Å². The van der Waals surface area contributed by atoms with E-state index in [2.05, 4.69) is 46.4 Å². The van der Waals surface area contributed by atoms with Crippen LogP contribution < -0.4 is 9.47 Å². The van der Waals surface area contributed by atoms with Gasteiger partial charge in [0.2, 0.25) is 0 Å². The van der Waals surface area contributed by atoms with Crippen LogP contribution in [0.3, 0.4) is 0 Å². The average molecular weight is 339 g/mol. The molecule has 0 saturated carbocycles. The number of rotatable bonds is 3. The molecule has 0 bridgehead atoms. The summed E-state index contributed by atoms with van der Waals surface area (Å²) in [7, 11) is 0. The van der Waals surface area contributed by atoms with Crippen LogP contribution in [0.1, 0.15) is 27.8 Å². The van der Waals surface area contributed by atoms with E-state index in [1.807, 2.05) is 6.07 Å². The van der Waals surface area contributed by atoms with Crippen molar-refractivity contribution < 1.29 is 9.47 Å². The van der Waals surface area contributed by atoms with Crippen LogP contribution in [0.15, 0.2) is 29.6 Å². The Hall–Kier alpha value is -1.00. The third-order valence-corrected chi connectivity index (χ3v) is 5.56. The van der Waals surface area contributed by atoms with Gasteiger partial charge in [0.25, 0.3) is 0 Å². The fraction of sp³-hybridized carbons (Fsp3) is 0.333. The average Bonchev–Trinajstić information content (AvgIpc) is 2.94. The van der Waals surface area contributed by atoms with Crippen LogP contribution in [0.4, 0.5) is 0 Å². The Balaban J connectivity index is 1.93. The lowest BCUT2D eigenvalue weighted by Crippen LogP contribution is -2.15. The number of benzene rings is 1. The van der Waals surface area contributed by atoms with E-state index < -0.39 is 0 Å². The Morgan fingerprint density at radius 3 is 2.79 bits per heavy atom. The normalized spacial score (nSPS) is 15.3. The number of alkyl halides is 1. The molecule has 1 aromatic heterocycles. The number of thiophene rings is 1. The molecule has 1 aliphatic heterocycles. The predicted molar refractivity (Wildman–Crippen MR) is 81.9 cm³/mol. The maximum absolute atomic E-state index is 5.65. The molecule has 0 amide bonds. The lowest BCUT2D eigenvalue weighted by molar-refractivity contribution is 0.171. The first kappa shape index (κ1) is 13.0. The van der Waals surface area contributed by atoms with Gasteiger partial charge in [-0.15, -0.1) is 11.3 Å². The minimum Gasteiger partial charge on any atom is -0.486 e. The van der Waals surface area contributed by atoms with E-state index in [0.29, 0.717) is 13.2 Å². The largest absolute Gasteiger partial charge is 0.486 e. The van der Waals surface area contributed by atoms with E-state index in [0.717, 1.165) is 17.9 Å². The summed E-state index contributed by atoms with van der Waals surface area (Å²) in [6.45, 7) is 3.45. The lowest BCUT2D eigenvalue weighted by Gasteiger charge is -2.20. The Bertz CT molecular complexity index is 579. The highest BCUT2D eigenvalue weighted by atomic mass is 79.9. The van der Waals surface area contributed by atoms with Crippen molar-refractivity contribution in [1.82, 2.24) is 0 Å². The van der Waals surface area contributed by atoms with Crippen LogP contribution >= 0.6 is 27.3 Å². The molecule has 4 heteroatoms. The molecule has 100 valence electrons. The van der Waals surface area contributed by atoms with Crippen molar-refractivity contribution in [2.75, 3.05) is 13.2 Å². The molecular weight excluding hydrogens is 324 g/mol. The van der Waals surface area contributed by atoms with E-state index in [4.69, 9.17) is 9.47 Å². The van der Waals surface area contributed by atoms with Crippen LogP contribution in [0.2, 0.25) is 0 Å². The molecule has 0 radical (unpaired) electrons. The number of halogens is 1. The molecule has 0 spiro atoms. The number of hydrogen-bond acceptors (Lipinski definition) is 3. The zero-order chi connectivity index (χ0) is 13.2. The summed E-state index contributed by atoms with van der Waals surface area (Å²) in [5.41, 5.74) is 2.61. The quantitative estimate of drug-likeness (QED) is 0.763. The Morgan fingerprint density at radius 1 is 1.21 bits per heavy atom. The summed E-state index contributed by atoms with van der Waals surface area (Å²) in [6.07, 6.45) is 1.06. The topological polar surface area (TPSA) is 18.5 Å². The van der Waals surface area contributed by atoms with E-state index in [9.17, 15) is 0 Å². The highest BCUT2D eigenvalue weighted by Gasteiger charge is 2.19. The first-order chi connectivity index (χ1) is 9.29. The third-order valence-electron chi connectivity index (χ3n) is 3.25. The first-order valence-corrected chi connectivity index (χ1v) is 8.19. The Morgan fingerprint density at radius 2 is 2.00 bits per heavy atom. The van der Waals surface area contributed by atoms with Gasteiger partial charge in [0, 0.05) is 4.88 Å². The molecule has 2 aromatic rings. The second kappa shape index (κ2) is 5.55. The summed E-state index contributed by atoms with van der Waals surface area (Å²) in [5.74, 6) is 1.69. The number of fused-ring (bicyclic) bond motifs is 1. The van der Waals surface area contributed by atoms with Gasteiger partial charge in [-0.05, 0) is 41.1 Å². The van der Waals surface area contributed by atoms with Crippen molar-refractivity contribution in [2.24, 2.45) is 0 Å². The van der Waals surface area contributed by atoms with E-state index in [1.54, 1.807) is 11.3 Å². The summed E-state index contributed by atoms with van der Waals surface area (Å²) in [6, 6.07) is 8.38. The van der Waals surface area contributed by atoms with Crippen LogP contribution in [-0.2, 0) is 6.42 Å². The van der Waals surface area contributed by atoms with Gasteiger partial charge in [0.05, 0.1) is 4.83 Å². The van der Waals surface area contributed by atoms with E-state index in [-0.39, 0.29) is 4.83 Å². The van der Waals surface area contributed by atoms with Crippen LogP contribution in [0.25, 0.3) is 0 Å². The number of hydrogen-bond donors (Lipinski definition) is 0. The molecule has 0 fully saturated rings. The minimum atomic E-state index is 0.221. The molecule has 0 aliphatic carbocycles. The molecule has 1 aromatic carbocycles. The molecule has 19 heavy (non-hydrogen) atoms. The monoisotopic (exact) mass is 338 g/mol. The first-order valence-electron chi connectivity index (χ1n) is 6.39. The van der Waals surface area contributed by atoms with Crippen LogP contribution in [0.5, 0.6) is 11.5 Å². The smallest absolute Gasteiger partial charge is 0.161 e. The molecule has 0 N–H and O–H groups in total. The lowest BCUT2D eigenvalue weighted by atomic mass is 10.1. The van der Waals surface area contributed by atoms with Gasteiger partial charge in [-0.1, -0.05) is 28.9 Å². The molecule has 1 aliphatic rings. The Labute approximate surface area is 125 Å². The second-order valence-corrected chi connectivity index (χ2v) is 6.29. The van der Waals surface area contributed by atoms with Gasteiger partial charge in [-0.25, -0.2) is 0 Å². The van der Waals surface area contributed by atoms with E-state index in [1.165, 1.54) is 16.0 Å². The number of aryl methyl sites for hydroxylation is 1. The van der Waals surface area contributed by atoms with Crippen molar-refractivity contribution in [1.29, 1.82) is 0 Å². The standard InChI is InChI=1S/C15H15BrO2S/c1-2-10-5-8-19-15(10)14(16)11-3-4-12-13(9-11)18-7-6-17-12/h3-5,8-9,14H,2,6-7H2,1H3. The molecule has 2 heterocycles. The number of ether oxygens (including phenoxy) is 2. The van der Waals surface area contributed by atoms with Crippen molar-refractivity contribution in [3.05, 3.63) is 45.6 Å². The molecule has 1 unspecified atom stereocenters. The zero-order valence-corrected chi connectivity index (χ0v) is 13.1. The van der Waals surface area contributed by atoms with Crippen molar-refractivity contribution in [3.8, 4) is 11.5 Å². The van der Waals surface area contributed by atoms with Gasteiger partial charge in [0.15, 0.2) is 11.5 Å². The maximum Gasteiger partial charge on any atom is 0.161 e. The summed E-state index contributed by atoms with van der Waals surface area (Å²) in [4.78, 5) is 1.59. The van der Waals surface area contributed by atoms with Crippen LogP contribution in [0, 0.1) is 0 Å². The fourth-order valence-corrected chi connectivity index (χ4v) is 4.13. The predicted octanol–water partition coefficient (Wildman–Crippen LogP) is 4.57. The van der Waals surface area contributed by atoms with Gasteiger partial charge in [-0.2, -0.15) is 0 Å². The third kappa shape index (κ3) is 2.51. The maximum atomic E-state index is 5.65. The zero-order valence-electron chi connectivity index (χ0n) is 10.7. The highest BCUT2D eigenvalue weighted by Crippen LogP contribution is 2.40. The van der Waals surface area contributed by atoms with Gasteiger partial charge in [0.1, 0.15) is 13.2 Å². The summed E-state index contributed by atoms with van der Waals surface area (Å²) >= 11 is 5.60.